The first-order valence-corrected chi connectivity index (χ1v) is 11.9. The third-order valence-corrected chi connectivity index (χ3v) is 7.05. The first-order chi connectivity index (χ1) is 16.3. The van der Waals surface area contributed by atoms with Crippen molar-refractivity contribution in [3.8, 4) is 0 Å². The molecule has 0 aliphatic carbocycles. The lowest BCUT2D eigenvalue weighted by Crippen LogP contribution is -2.31. The van der Waals surface area contributed by atoms with Crippen molar-refractivity contribution in [2.24, 2.45) is 11.8 Å². The SMILES string of the molecule is CC1c2ncnc(N)c2N(c2ccc(Cl)cc2)C(=O)CC1C1CCN(C(=O)C=CCN(C)C)C1. The molecule has 0 saturated carbocycles. The number of anilines is 3. The Hall–Kier alpha value is -2.97. The number of nitrogens with two attached hydrogens (primary N) is 1. The predicted octanol–water partition coefficient (Wildman–Crippen LogP) is 3.47. The highest BCUT2D eigenvalue weighted by Crippen LogP contribution is 2.46. The summed E-state index contributed by atoms with van der Waals surface area (Å²) in [5.74, 6) is 0.434. The third-order valence-electron chi connectivity index (χ3n) is 6.79. The number of rotatable bonds is 5. The Bertz CT molecular complexity index is 1090. The molecule has 0 radical (unpaired) electrons. The van der Waals surface area contributed by atoms with E-state index < -0.39 is 0 Å². The Labute approximate surface area is 205 Å². The number of carbonyl (C=O) groups is 2. The Balaban J connectivity index is 1.61. The third kappa shape index (κ3) is 4.93. The summed E-state index contributed by atoms with van der Waals surface area (Å²) in [7, 11) is 3.93. The zero-order valence-corrected chi connectivity index (χ0v) is 20.6. The molecule has 3 atom stereocenters. The van der Waals surface area contributed by atoms with Crippen molar-refractivity contribution in [3.63, 3.8) is 0 Å². The zero-order valence-electron chi connectivity index (χ0n) is 19.8. The van der Waals surface area contributed by atoms with Gasteiger partial charge >= 0.3 is 0 Å². The molecule has 1 aromatic heterocycles. The normalized spacial score (nSPS) is 23.0. The fourth-order valence-corrected chi connectivity index (χ4v) is 5.14. The van der Waals surface area contributed by atoms with Crippen LogP contribution in [0.3, 0.4) is 0 Å². The number of hydrogen-bond acceptors (Lipinski definition) is 6. The van der Waals surface area contributed by atoms with E-state index in [2.05, 4.69) is 16.9 Å². The molecule has 3 unspecified atom stereocenters. The van der Waals surface area contributed by atoms with Gasteiger partial charge in [0.05, 0.1) is 5.69 Å². The molecule has 4 rings (SSSR count). The molecular formula is C25H31ClN6O2. The number of halogens is 1. The molecule has 0 spiro atoms. The second-order valence-electron chi connectivity index (χ2n) is 9.35. The maximum absolute atomic E-state index is 13.6. The van der Waals surface area contributed by atoms with Gasteiger partial charge in [0.25, 0.3) is 0 Å². The van der Waals surface area contributed by atoms with Crippen molar-refractivity contribution in [3.05, 3.63) is 53.5 Å². The van der Waals surface area contributed by atoms with Crippen molar-refractivity contribution in [1.82, 2.24) is 19.8 Å². The molecular weight excluding hydrogens is 452 g/mol. The van der Waals surface area contributed by atoms with Crippen LogP contribution in [0.5, 0.6) is 0 Å². The van der Waals surface area contributed by atoms with Crippen LogP contribution in [-0.2, 0) is 9.59 Å². The van der Waals surface area contributed by atoms with Crippen LogP contribution in [-0.4, -0.2) is 65.3 Å². The summed E-state index contributed by atoms with van der Waals surface area (Å²) < 4.78 is 0. The maximum atomic E-state index is 13.6. The van der Waals surface area contributed by atoms with Crippen LogP contribution in [0.4, 0.5) is 17.2 Å². The van der Waals surface area contributed by atoms with E-state index in [1.807, 2.05) is 30.0 Å². The van der Waals surface area contributed by atoms with E-state index >= 15 is 0 Å². The van der Waals surface area contributed by atoms with Crippen molar-refractivity contribution >= 4 is 40.6 Å². The number of benzene rings is 1. The number of likely N-dealkylation sites (tertiary alicyclic amines) is 1. The molecule has 1 aromatic carbocycles. The van der Waals surface area contributed by atoms with Gasteiger partial charge in [-0.25, -0.2) is 9.97 Å². The molecule has 34 heavy (non-hydrogen) atoms. The summed E-state index contributed by atoms with van der Waals surface area (Å²) in [5, 5.41) is 0.588. The monoisotopic (exact) mass is 482 g/mol. The summed E-state index contributed by atoms with van der Waals surface area (Å²) in [6, 6.07) is 7.11. The van der Waals surface area contributed by atoms with E-state index in [0.717, 1.165) is 18.7 Å². The molecule has 8 nitrogen and oxygen atoms in total. The Kier molecular flexibility index (Phi) is 7.19. The van der Waals surface area contributed by atoms with Gasteiger partial charge in [-0.05, 0) is 56.6 Å². The highest BCUT2D eigenvalue weighted by atomic mass is 35.5. The van der Waals surface area contributed by atoms with Gasteiger partial charge in [-0.15, -0.1) is 0 Å². The van der Waals surface area contributed by atoms with E-state index in [0.29, 0.717) is 35.9 Å². The van der Waals surface area contributed by atoms with Gasteiger partial charge in [0.1, 0.15) is 12.0 Å². The lowest BCUT2D eigenvalue weighted by atomic mass is 9.78. The van der Waals surface area contributed by atoms with Gasteiger partial charge in [0.2, 0.25) is 11.8 Å². The fraction of sp³-hybridized carbons (Fsp3) is 0.440. The molecule has 2 N–H and O–H groups in total. The molecule has 2 aliphatic heterocycles. The first kappa shape index (κ1) is 24.2. The summed E-state index contributed by atoms with van der Waals surface area (Å²) in [4.78, 5) is 40.6. The second-order valence-corrected chi connectivity index (χ2v) is 9.79. The number of amides is 2. The lowest BCUT2D eigenvalue weighted by molar-refractivity contribution is -0.125. The van der Waals surface area contributed by atoms with Gasteiger partial charge in [-0.3, -0.25) is 14.5 Å². The second kappa shape index (κ2) is 10.1. The summed E-state index contributed by atoms with van der Waals surface area (Å²) >= 11 is 6.08. The molecule has 1 saturated heterocycles. The highest BCUT2D eigenvalue weighted by molar-refractivity contribution is 6.30. The van der Waals surface area contributed by atoms with Crippen molar-refractivity contribution in [1.29, 1.82) is 0 Å². The number of nitrogens with zero attached hydrogens (tertiary/aromatic N) is 5. The highest BCUT2D eigenvalue weighted by Gasteiger charge is 2.42. The first-order valence-electron chi connectivity index (χ1n) is 11.5. The van der Waals surface area contributed by atoms with Crippen molar-refractivity contribution in [2.75, 3.05) is 44.4 Å². The number of carbonyl (C=O) groups excluding carboxylic acids is 2. The molecule has 9 heteroatoms. The minimum atomic E-state index is -0.0601. The number of likely N-dealkylation sites (N-methyl/N-ethyl adjacent to an activating group) is 1. The molecule has 2 aromatic rings. The number of aromatic nitrogens is 2. The maximum Gasteiger partial charge on any atom is 0.246 e. The predicted molar refractivity (Wildman–Crippen MR) is 134 cm³/mol. The van der Waals surface area contributed by atoms with E-state index in [4.69, 9.17) is 17.3 Å². The quantitative estimate of drug-likeness (QED) is 0.655. The van der Waals surface area contributed by atoms with Crippen LogP contribution >= 0.6 is 11.6 Å². The van der Waals surface area contributed by atoms with Crippen LogP contribution in [0.1, 0.15) is 31.4 Å². The van der Waals surface area contributed by atoms with Crippen molar-refractivity contribution < 1.29 is 9.59 Å². The minimum Gasteiger partial charge on any atom is -0.382 e. The number of nitrogen functional groups attached to an aromatic ring is 1. The van der Waals surface area contributed by atoms with Gasteiger partial charge < -0.3 is 15.5 Å². The standard InChI is InChI=1S/C25H31ClN6O2/c1-16-20(17-10-12-31(14-17)21(33)5-4-11-30(2)3)13-22(34)32(19-8-6-18(26)7-9-19)24-23(16)28-15-29-25(24)27/h4-9,15-17,20H,10-14H2,1-3H3,(H2,27,28,29). The van der Waals surface area contributed by atoms with Crippen LogP contribution < -0.4 is 10.6 Å². The average Bonchev–Trinajstić information content (AvgIpc) is 3.25. The van der Waals surface area contributed by atoms with Gasteiger partial charge in [-0.1, -0.05) is 24.6 Å². The minimum absolute atomic E-state index is 0.0201. The largest absolute Gasteiger partial charge is 0.382 e. The summed E-state index contributed by atoms with van der Waals surface area (Å²) in [6.45, 7) is 4.13. The summed E-state index contributed by atoms with van der Waals surface area (Å²) in [6.07, 6.45) is 6.18. The number of fused-ring (bicyclic) bond motifs is 1. The van der Waals surface area contributed by atoms with Crippen LogP contribution in [0.15, 0.2) is 42.7 Å². The summed E-state index contributed by atoms with van der Waals surface area (Å²) in [5.41, 5.74) is 8.27. The van der Waals surface area contributed by atoms with E-state index in [-0.39, 0.29) is 35.4 Å². The smallest absolute Gasteiger partial charge is 0.246 e. The van der Waals surface area contributed by atoms with E-state index in [1.54, 1.807) is 35.2 Å². The molecule has 2 aliphatic rings. The Morgan fingerprint density at radius 1 is 1.26 bits per heavy atom. The van der Waals surface area contributed by atoms with Crippen LogP contribution in [0.25, 0.3) is 0 Å². The zero-order chi connectivity index (χ0) is 24.4. The molecule has 0 bridgehead atoms. The van der Waals surface area contributed by atoms with Gasteiger partial charge in [0, 0.05) is 48.8 Å². The van der Waals surface area contributed by atoms with Gasteiger partial charge in [-0.2, -0.15) is 0 Å². The lowest BCUT2D eigenvalue weighted by Gasteiger charge is -2.27. The molecule has 180 valence electrons. The van der Waals surface area contributed by atoms with Gasteiger partial charge in [0.15, 0.2) is 5.82 Å². The van der Waals surface area contributed by atoms with Crippen molar-refractivity contribution in [2.45, 2.75) is 25.7 Å². The average molecular weight is 483 g/mol. The Morgan fingerprint density at radius 2 is 2.00 bits per heavy atom. The number of hydrogen-bond donors (Lipinski definition) is 1. The topological polar surface area (TPSA) is 95.7 Å². The molecule has 2 amide bonds. The fourth-order valence-electron chi connectivity index (χ4n) is 5.01. The van der Waals surface area contributed by atoms with E-state index in [9.17, 15) is 9.59 Å². The van der Waals surface area contributed by atoms with Crippen LogP contribution in [0, 0.1) is 11.8 Å². The van der Waals surface area contributed by atoms with Crippen LogP contribution in [0.2, 0.25) is 5.02 Å². The Morgan fingerprint density at radius 3 is 2.71 bits per heavy atom. The van der Waals surface area contributed by atoms with E-state index in [1.165, 1.54) is 6.33 Å². The molecule has 1 fully saturated rings. The molecule has 3 heterocycles.